The van der Waals surface area contributed by atoms with Gasteiger partial charge in [0, 0.05) is 18.2 Å². The Hall–Kier alpha value is -1.18. The highest BCUT2D eigenvalue weighted by atomic mass is 28.4. The number of hydrogen-bond acceptors (Lipinski definition) is 2. The van der Waals surface area contributed by atoms with Crippen LogP contribution in [-0.4, -0.2) is 13.3 Å². The molecule has 0 spiro atoms. The summed E-state index contributed by atoms with van der Waals surface area (Å²) in [7, 11) is -1.96. The second kappa shape index (κ2) is 7.19. The van der Waals surface area contributed by atoms with Crippen LogP contribution in [0.15, 0.2) is 18.5 Å². The minimum Gasteiger partial charge on any atom is -0.410 e. The predicted octanol–water partition coefficient (Wildman–Crippen LogP) is 4.90. The van der Waals surface area contributed by atoms with Gasteiger partial charge in [-0.25, -0.2) is 4.39 Å². The molecule has 0 aliphatic carbocycles. The third-order valence-electron chi connectivity index (χ3n) is 3.95. The molecule has 1 heterocycles. The summed E-state index contributed by atoms with van der Waals surface area (Å²) >= 11 is 0. The Morgan fingerprint density at radius 3 is 2.62 bits per heavy atom. The van der Waals surface area contributed by atoms with Gasteiger partial charge in [0.05, 0.1) is 12.3 Å². The fourth-order valence-electron chi connectivity index (χ4n) is 1.65. The lowest BCUT2D eigenvalue weighted by atomic mass is 10.1. The summed E-state index contributed by atoms with van der Waals surface area (Å²) < 4.78 is 19.8. The standard InChI is InChI=1S/C17H25FNOSi/c1-7-8-9-10-16(14-11-15(18)13-19-12-14)20-21(5,6)17(2,3)4/h1,10-13,16H,8-9H2,2-6H3/t16-/m1/s1. The molecule has 1 atom stereocenters. The Morgan fingerprint density at radius 1 is 1.43 bits per heavy atom. The van der Waals surface area contributed by atoms with Crippen LogP contribution in [0, 0.1) is 24.6 Å². The number of terminal acetylenes is 1. The van der Waals surface area contributed by atoms with Gasteiger partial charge in [-0.3, -0.25) is 4.98 Å². The zero-order chi connectivity index (χ0) is 16.1. The van der Waals surface area contributed by atoms with Crippen LogP contribution in [0.4, 0.5) is 4.39 Å². The van der Waals surface area contributed by atoms with Crippen LogP contribution >= 0.6 is 0 Å². The highest BCUT2D eigenvalue weighted by molar-refractivity contribution is 6.74. The molecule has 1 radical (unpaired) electrons. The van der Waals surface area contributed by atoms with Gasteiger partial charge in [-0.2, -0.15) is 0 Å². The van der Waals surface area contributed by atoms with Crippen LogP contribution < -0.4 is 0 Å². The fraction of sp³-hybridized carbons (Fsp3) is 0.529. The van der Waals surface area contributed by atoms with Crippen molar-refractivity contribution in [3.8, 4) is 12.3 Å². The molecule has 21 heavy (non-hydrogen) atoms. The van der Waals surface area contributed by atoms with Gasteiger partial charge in [-0.1, -0.05) is 20.8 Å². The van der Waals surface area contributed by atoms with Crippen LogP contribution in [0.1, 0.15) is 45.3 Å². The van der Waals surface area contributed by atoms with Crippen molar-refractivity contribution in [1.29, 1.82) is 0 Å². The van der Waals surface area contributed by atoms with E-state index in [0.29, 0.717) is 6.42 Å². The highest BCUT2D eigenvalue weighted by Gasteiger charge is 2.39. The van der Waals surface area contributed by atoms with E-state index in [1.54, 1.807) is 6.20 Å². The summed E-state index contributed by atoms with van der Waals surface area (Å²) in [6.45, 7) is 10.9. The summed E-state index contributed by atoms with van der Waals surface area (Å²) in [6, 6.07) is 1.48. The second-order valence-electron chi connectivity index (χ2n) is 6.71. The summed E-state index contributed by atoms with van der Waals surface area (Å²) in [6.07, 6.45) is 11.3. The molecule has 1 aromatic rings. The number of rotatable bonds is 6. The summed E-state index contributed by atoms with van der Waals surface area (Å²) in [5.74, 6) is 2.27. The van der Waals surface area contributed by atoms with Gasteiger partial charge in [-0.15, -0.1) is 12.3 Å². The SMILES string of the molecule is C#CCC[CH][C@@H](O[Si](C)(C)C(C)(C)C)c1cncc(F)c1. The van der Waals surface area contributed by atoms with Crippen LogP contribution in [0.5, 0.6) is 0 Å². The minimum absolute atomic E-state index is 0.0892. The number of hydrogen-bond donors (Lipinski definition) is 0. The first-order valence-corrected chi connectivity index (χ1v) is 10.1. The van der Waals surface area contributed by atoms with Gasteiger partial charge >= 0.3 is 0 Å². The number of halogens is 1. The number of pyridine rings is 1. The van der Waals surface area contributed by atoms with E-state index in [-0.39, 0.29) is 17.0 Å². The first kappa shape index (κ1) is 17.9. The Bertz CT molecular complexity index is 502. The van der Waals surface area contributed by atoms with E-state index < -0.39 is 8.32 Å². The van der Waals surface area contributed by atoms with Crippen molar-refractivity contribution in [3.63, 3.8) is 0 Å². The van der Waals surface area contributed by atoms with Crippen molar-refractivity contribution in [3.05, 3.63) is 36.3 Å². The highest BCUT2D eigenvalue weighted by Crippen LogP contribution is 2.40. The van der Waals surface area contributed by atoms with Crippen molar-refractivity contribution >= 4 is 8.32 Å². The molecule has 2 nitrogen and oxygen atoms in total. The Labute approximate surface area is 129 Å². The molecule has 0 aliphatic heterocycles. The molecule has 0 amide bonds. The van der Waals surface area contributed by atoms with Crippen LogP contribution in [0.25, 0.3) is 0 Å². The van der Waals surface area contributed by atoms with E-state index in [0.717, 1.165) is 12.0 Å². The molecule has 1 aromatic heterocycles. The average molecular weight is 306 g/mol. The van der Waals surface area contributed by atoms with Gasteiger partial charge < -0.3 is 4.43 Å². The van der Waals surface area contributed by atoms with E-state index >= 15 is 0 Å². The summed E-state index contributed by atoms with van der Waals surface area (Å²) in [5.41, 5.74) is 0.747. The topological polar surface area (TPSA) is 22.1 Å². The quantitative estimate of drug-likeness (QED) is 0.423. The molecule has 0 saturated heterocycles. The number of unbranched alkanes of at least 4 members (excludes halogenated alkanes) is 1. The first-order valence-electron chi connectivity index (χ1n) is 7.22. The molecular weight excluding hydrogens is 281 g/mol. The molecule has 1 rings (SSSR count). The van der Waals surface area contributed by atoms with Crippen LogP contribution in [0.3, 0.4) is 0 Å². The average Bonchev–Trinajstić information content (AvgIpc) is 2.36. The maximum atomic E-state index is 13.4. The summed E-state index contributed by atoms with van der Waals surface area (Å²) in [4.78, 5) is 3.93. The third-order valence-corrected chi connectivity index (χ3v) is 8.41. The predicted molar refractivity (Wildman–Crippen MR) is 87.6 cm³/mol. The van der Waals surface area contributed by atoms with Gasteiger partial charge in [0.2, 0.25) is 0 Å². The van der Waals surface area contributed by atoms with E-state index in [9.17, 15) is 4.39 Å². The van der Waals surface area contributed by atoms with Crippen LogP contribution in [0.2, 0.25) is 18.1 Å². The lowest BCUT2D eigenvalue weighted by Crippen LogP contribution is -2.42. The second-order valence-corrected chi connectivity index (χ2v) is 11.5. The molecule has 0 fully saturated rings. The van der Waals surface area contributed by atoms with Crippen molar-refractivity contribution < 1.29 is 8.82 Å². The maximum absolute atomic E-state index is 13.4. The van der Waals surface area contributed by atoms with Crippen molar-refractivity contribution in [1.82, 2.24) is 4.98 Å². The zero-order valence-corrected chi connectivity index (χ0v) is 14.6. The van der Waals surface area contributed by atoms with E-state index in [2.05, 4.69) is 44.8 Å². The fourth-order valence-corrected chi connectivity index (χ4v) is 2.87. The molecule has 115 valence electrons. The number of nitrogens with zero attached hydrogens (tertiary/aromatic N) is 1. The number of aromatic nitrogens is 1. The monoisotopic (exact) mass is 306 g/mol. The summed E-state index contributed by atoms with van der Waals surface area (Å²) in [5, 5.41) is 0.0892. The Morgan fingerprint density at radius 2 is 2.10 bits per heavy atom. The Kier molecular flexibility index (Phi) is 6.12. The molecule has 4 heteroatoms. The molecule has 0 unspecified atom stereocenters. The van der Waals surface area contributed by atoms with Crippen molar-refractivity contribution in [2.24, 2.45) is 0 Å². The van der Waals surface area contributed by atoms with Crippen molar-refractivity contribution in [2.45, 2.75) is 57.8 Å². The normalized spacial score (nSPS) is 13.8. The maximum Gasteiger partial charge on any atom is 0.192 e. The lowest BCUT2D eigenvalue weighted by molar-refractivity contribution is 0.209. The van der Waals surface area contributed by atoms with Crippen LogP contribution in [-0.2, 0) is 4.43 Å². The van der Waals surface area contributed by atoms with Crippen molar-refractivity contribution in [2.75, 3.05) is 0 Å². The molecule has 0 N–H and O–H groups in total. The first-order chi connectivity index (χ1) is 9.67. The smallest absolute Gasteiger partial charge is 0.192 e. The zero-order valence-electron chi connectivity index (χ0n) is 13.6. The van der Waals surface area contributed by atoms with E-state index in [1.807, 2.05) is 6.42 Å². The van der Waals surface area contributed by atoms with E-state index in [4.69, 9.17) is 10.8 Å². The third kappa shape index (κ3) is 5.26. The lowest BCUT2D eigenvalue weighted by Gasteiger charge is -2.39. The molecular formula is C17H25FNOSi. The van der Waals surface area contributed by atoms with E-state index in [1.165, 1.54) is 12.3 Å². The molecule has 0 aromatic carbocycles. The molecule has 0 bridgehead atoms. The molecule has 0 aliphatic rings. The Balaban J connectivity index is 2.95. The van der Waals surface area contributed by atoms with Gasteiger partial charge in [-0.05, 0) is 37.0 Å². The van der Waals surface area contributed by atoms with Gasteiger partial charge in [0.1, 0.15) is 5.82 Å². The molecule has 0 saturated carbocycles. The van der Waals surface area contributed by atoms with Gasteiger partial charge in [0.25, 0.3) is 0 Å². The minimum atomic E-state index is -1.96. The van der Waals surface area contributed by atoms with Gasteiger partial charge in [0.15, 0.2) is 8.32 Å². The largest absolute Gasteiger partial charge is 0.410 e.